The van der Waals surface area contributed by atoms with E-state index in [1.54, 1.807) is 23.9 Å². The summed E-state index contributed by atoms with van der Waals surface area (Å²) in [5, 5.41) is 11.7. The van der Waals surface area contributed by atoms with E-state index in [4.69, 9.17) is 5.11 Å². The van der Waals surface area contributed by atoms with Crippen molar-refractivity contribution in [3.63, 3.8) is 0 Å². The van der Waals surface area contributed by atoms with Gasteiger partial charge in [0.05, 0.1) is 5.92 Å². The third kappa shape index (κ3) is 2.58. The molecule has 16 heavy (non-hydrogen) atoms. The van der Waals surface area contributed by atoms with E-state index in [2.05, 4.69) is 5.32 Å². The van der Waals surface area contributed by atoms with Crippen molar-refractivity contribution in [1.82, 2.24) is 5.32 Å². The van der Waals surface area contributed by atoms with Crippen molar-refractivity contribution in [3.8, 4) is 0 Å². The Kier molecular flexibility index (Phi) is 3.53. The number of carboxylic acids is 1. The van der Waals surface area contributed by atoms with E-state index in [0.717, 1.165) is 17.9 Å². The average molecular weight is 241 g/mol. The number of thioether (sulfide) groups is 1. The van der Waals surface area contributed by atoms with Gasteiger partial charge in [0.1, 0.15) is 0 Å². The number of nitrogens with one attached hydrogen (secondary N) is 1. The predicted molar refractivity (Wildman–Crippen MR) is 62.2 cm³/mol. The minimum atomic E-state index is -0.815. The highest BCUT2D eigenvalue weighted by Crippen LogP contribution is 2.24. The van der Waals surface area contributed by atoms with Gasteiger partial charge in [-0.1, -0.05) is 12.2 Å². The van der Waals surface area contributed by atoms with Gasteiger partial charge in [0, 0.05) is 17.7 Å². The topological polar surface area (TPSA) is 66.4 Å². The van der Waals surface area contributed by atoms with Gasteiger partial charge in [0.15, 0.2) is 0 Å². The summed E-state index contributed by atoms with van der Waals surface area (Å²) in [5.41, 5.74) is 0. The number of amides is 1. The lowest BCUT2D eigenvalue weighted by atomic mass is 10.1. The van der Waals surface area contributed by atoms with Crippen LogP contribution in [0.3, 0.4) is 0 Å². The zero-order valence-electron chi connectivity index (χ0n) is 8.89. The van der Waals surface area contributed by atoms with Crippen molar-refractivity contribution in [2.24, 2.45) is 11.8 Å². The van der Waals surface area contributed by atoms with E-state index in [1.165, 1.54) is 0 Å². The molecule has 0 aromatic carbocycles. The summed E-state index contributed by atoms with van der Waals surface area (Å²) >= 11 is 1.80. The van der Waals surface area contributed by atoms with Crippen LogP contribution in [0.5, 0.6) is 0 Å². The molecule has 2 aliphatic rings. The van der Waals surface area contributed by atoms with E-state index in [9.17, 15) is 9.59 Å². The first-order valence-electron chi connectivity index (χ1n) is 5.46. The maximum Gasteiger partial charge on any atom is 0.310 e. The quantitative estimate of drug-likeness (QED) is 0.720. The molecular formula is C11H15NO3S. The van der Waals surface area contributed by atoms with Gasteiger partial charge >= 0.3 is 5.97 Å². The SMILES string of the molecule is O=C(O)C1C=CC(NC(=O)C2CCSC2)C1. The molecule has 1 heterocycles. The Bertz CT molecular complexity index is 323. The molecule has 2 rings (SSSR count). The summed E-state index contributed by atoms with van der Waals surface area (Å²) in [5.74, 6) is 0.877. The number of carbonyl (C=O) groups is 2. The number of hydrogen-bond donors (Lipinski definition) is 2. The number of aliphatic carboxylic acids is 1. The normalized spacial score (nSPS) is 32.9. The highest BCUT2D eigenvalue weighted by atomic mass is 32.2. The molecule has 0 bridgehead atoms. The van der Waals surface area contributed by atoms with Gasteiger partial charge < -0.3 is 10.4 Å². The van der Waals surface area contributed by atoms with Crippen LogP contribution in [0.1, 0.15) is 12.8 Å². The van der Waals surface area contributed by atoms with Gasteiger partial charge in [-0.2, -0.15) is 11.8 Å². The molecule has 88 valence electrons. The third-order valence-corrected chi connectivity index (χ3v) is 4.19. The Labute approximate surface area is 98.5 Å². The Balaban J connectivity index is 1.81. The minimum absolute atomic E-state index is 0.0747. The summed E-state index contributed by atoms with van der Waals surface area (Å²) in [7, 11) is 0. The molecule has 4 nitrogen and oxygen atoms in total. The fraction of sp³-hybridized carbons (Fsp3) is 0.636. The van der Waals surface area contributed by atoms with Crippen LogP contribution in [0.15, 0.2) is 12.2 Å². The summed E-state index contributed by atoms with van der Waals surface area (Å²) in [4.78, 5) is 22.5. The second-order valence-electron chi connectivity index (χ2n) is 4.24. The van der Waals surface area contributed by atoms with Crippen LogP contribution in [0.4, 0.5) is 0 Å². The van der Waals surface area contributed by atoms with E-state index < -0.39 is 11.9 Å². The van der Waals surface area contributed by atoms with Gasteiger partial charge in [-0.15, -0.1) is 0 Å². The van der Waals surface area contributed by atoms with Gasteiger partial charge in [-0.25, -0.2) is 0 Å². The van der Waals surface area contributed by atoms with E-state index >= 15 is 0 Å². The lowest BCUT2D eigenvalue weighted by Crippen LogP contribution is -2.37. The second-order valence-corrected chi connectivity index (χ2v) is 5.39. The average Bonchev–Trinajstić information content (AvgIpc) is 2.87. The minimum Gasteiger partial charge on any atom is -0.481 e. The van der Waals surface area contributed by atoms with Crippen LogP contribution in [0.2, 0.25) is 0 Å². The lowest BCUT2D eigenvalue weighted by molar-refractivity contribution is -0.140. The zero-order valence-corrected chi connectivity index (χ0v) is 9.70. The molecule has 0 aromatic rings. The first kappa shape index (κ1) is 11.5. The van der Waals surface area contributed by atoms with Crippen LogP contribution in [-0.2, 0) is 9.59 Å². The summed E-state index contributed by atoms with van der Waals surface area (Å²) < 4.78 is 0. The number of hydrogen-bond acceptors (Lipinski definition) is 3. The van der Waals surface area contributed by atoms with E-state index in [-0.39, 0.29) is 17.9 Å². The van der Waals surface area contributed by atoms with Crippen molar-refractivity contribution in [2.45, 2.75) is 18.9 Å². The maximum absolute atomic E-state index is 11.8. The largest absolute Gasteiger partial charge is 0.481 e. The van der Waals surface area contributed by atoms with Gasteiger partial charge in [-0.05, 0) is 18.6 Å². The summed E-state index contributed by atoms with van der Waals surface area (Å²) in [6, 6.07) is -0.0980. The molecule has 5 heteroatoms. The highest BCUT2D eigenvalue weighted by molar-refractivity contribution is 7.99. The van der Waals surface area contributed by atoms with Crippen LogP contribution in [0, 0.1) is 11.8 Å². The molecular weight excluding hydrogens is 226 g/mol. The molecule has 0 radical (unpaired) electrons. The van der Waals surface area contributed by atoms with Crippen molar-refractivity contribution in [1.29, 1.82) is 0 Å². The van der Waals surface area contributed by atoms with Crippen molar-refractivity contribution < 1.29 is 14.7 Å². The van der Waals surface area contributed by atoms with E-state index in [1.807, 2.05) is 0 Å². The van der Waals surface area contributed by atoms with Gasteiger partial charge in [-0.3, -0.25) is 9.59 Å². The molecule has 3 unspecified atom stereocenters. The molecule has 0 aromatic heterocycles. The fourth-order valence-corrected chi connectivity index (χ4v) is 3.25. The lowest BCUT2D eigenvalue weighted by Gasteiger charge is -2.15. The first-order valence-corrected chi connectivity index (χ1v) is 6.61. The molecule has 1 aliphatic carbocycles. The molecule has 0 spiro atoms. The third-order valence-electron chi connectivity index (χ3n) is 3.03. The monoisotopic (exact) mass is 241 g/mol. The van der Waals surface area contributed by atoms with Crippen molar-refractivity contribution >= 4 is 23.6 Å². The predicted octanol–water partition coefficient (Wildman–Crippen LogP) is 0.885. The summed E-state index contributed by atoms with van der Waals surface area (Å²) in [6.45, 7) is 0. The van der Waals surface area contributed by atoms with Crippen molar-refractivity contribution in [3.05, 3.63) is 12.2 Å². The number of rotatable bonds is 3. The Morgan fingerprint density at radius 2 is 2.19 bits per heavy atom. The fourth-order valence-electron chi connectivity index (χ4n) is 2.03. The zero-order chi connectivity index (χ0) is 11.5. The molecule has 1 aliphatic heterocycles. The molecule has 3 atom stereocenters. The second kappa shape index (κ2) is 4.91. The highest BCUT2D eigenvalue weighted by Gasteiger charge is 2.28. The Morgan fingerprint density at radius 3 is 2.75 bits per heavy atom. The van der Waals surface area contributed by atoms with Crippen LogP contribution in [0.25, 0.3) is 0 Å². The molecule has 2 N–H and O–H groups in total. The smallest absolute Gasteiger partial charge is 0.310 e. The molecule has 1 fully saturated rings. The summed E-state index contributed by atoms with van der Waals surface area (Å²) in [6.07, 6.45) is 4.88. The maximum atomic E-state index is 11.8. The molecule has 1 amide bonds. The Hall–Kier alpha value is -0.970. The number of carboxylic acid groups (broad SMARTS) is 1. The van der Waals surface area contributed by atoms with Gasteiger partial charge in [0.2, 0.25) is 5.91 Å². The standard InChI is InChI=1S/C11H15NO3S/c13-10(8-3-4-16-6-8)12-9-2-1-7(5-9)11(14)15/h1-2,7-9H,3-6H2,(H,12,13)(H,14,15). The Morgan fingerprint density at radius 1 is 1.38 bits per heavy atom. The van der Waals surface area contributed by atoms with E-state index in [0.29, 0.717) is 6.42 Å². The van der Waals surface area contributed by atoms with Crippen molar-refractivity contribution in [2.75, 3.05) is 11.5 Å². The molecule has 0 saturated carbocycles. The number of carbonyl (C=O) groups excluding carboxylic acids is 1. The van der Waals surface area contributed by atoms with Crippen LogP contribution >= 0.6 is 11.8 Å². The first-order chi connectivity index (χ1) is 7.66. The van der Waals surface area contributed by atoms with Gasteiger partial charge in [0.25, 0.3) is 0 Å². The van der Waals surface area contributed by atoms with Crippen LogP contribution < -0.4 is 5.32 Å². The van der Waals surface area contributed by atoms with Crippen LogP contribution in [-0.4, -0.2) is 34.5 Å². The molecule has 1 saturated heterocycles.